The first-order valence-corrected chi connectivity index (χ1v) is 7.47. The zero-order valence-corrected chi connectivity index (χ0v) is 13.4. The Kier molecular flexibility index (Phi) is 4.34. The Hall–Kier alpha value is -1.81. The number of aryl methyl sites for hydroxylation is 1. The van der Waals surface area contributed by atoms with Crippen LogP contribution in [0, 0.1) is 18.8 Å². The molecule has 22 heavy (non-hydrogen) atoms. The van der Waals surface area contributed by atoms with Gasteiger partial charge in [-0.15, -0.1) is 0 Å². The van der Waals surface area contributed by atoms with E-state index in [2.05, 4.69) is 0 Å². The summed E-state index contributed by atoms with van der Waals surface area (Å²) in [5, 5.41) is 10.6. The average molecular weight is 302 g/mol. The summed E-state index contributed by atoms with van der Waals surface area (Å²) >= 11 is 0. The highest BCUT2D eigenvalue weighted by molar-refractivity contribution is 6.05. The normalized spacial score (nSPS) is 31.9. The maximum atomic E-state index is 12.4. The largest absolute Gasteiger partial charge is 0.389 e. The van der Waals surface area contributed by atoms with Crippen molar-refractivity contribution >= 4 is 17.3 Å². The summed E-state index contributed by atoms with van der Waals surface area (Å²) in [4.78, 5) is 36.6. The lowest BCUT2D eigenvalue weighted by molar-refractivity contribution is -0.151. The Balaban J connectivity index is 2.61. The summed E-state index contributed by atoms with van der Waals surface area (Å²) in [5.41, 5.74) is 0.375. The molecule has 0 bridgehead atoms. The molecule has 4 atom stereocenters. The highest BCUT2D eigenvalue weighted by atomic mass is 16.3. The number of hydrogen-bond donors (Lipinski definition) is 1. The molecule has 1 aliphatic carbocycles. The molecule has 0 aromatic heterocycles. The summed E-state index contributed by atoms with van der Waals surface area (Å²) in [5.74, 6) is -2.97. The first-order chi connectivity index (χ1) is 10.1. The number of carbonyl (C=O) groups excluding carboxylic acids is 3. The van der Waals surface area contributed by atoms with Crippen molar-refractivity contribution in [3.8, 4) is 0 Å². The van der Waals surface area contributed by atoms with Gasteiger partial charge in [0.05, 0.1) is 17.4 Å². The predicted molar refractivity (Wildman–Crippen MR) is 82.5 cm³/mol. The monoisotopic (exact) mass is 302 g/mol. The highest BCUT2D eigenvalue weighted by Crippen LogP contribution is 2.46. The van der Waals surface area contributed by atoms with Crippen molar-refractivity contribution in [3.05, 3.63) is 35.4 Å². The van der Waals surface area contributed by atoms with Crippen LogP contribution in [0.5, 0.6) is 0 Å². The van der Waals surface area contributed by atoms with Crippen LogP contribution in [0.4, 0.5) is 0 Å². The number of benzene rings is 1. The molecule has 1 aliphatic rings. The van der Waals surface area contributed by atoms with Crippen molar-refractivity contribution < 1.29 is 19.5 Å². The van der Waals surface area contributed by atoms with Crippen molar-refractivity contribution in [1.82, 2.24) is 0 Å². The molecule has 1 aromatic rings. The fourth-order valence-electron chi connectivity index (χ4n) is 3.70. The molecule has 0 spiro atoms. The van der Waals surface area contributed by atoms with Crippen LogP contribution in [0.2, 0.25) is 0 Å². The molecule has 0 aliphatic heterocycles. The van der Waals surface area contributed by atoms with E-state index >= 15 is 0 Å². The van der Waals surface area contributed by atoms with Crippen LogP contribution >= 0.6 is 0 Å². The molecule has 0 radical (unpaired) electrons. The van der Waals surface area contributed by atoms with Gasteiger partial charge in [-0.3, -0.25) is 14.4 Å². The van der Waals surface area contributed by atoms with Crippen LogP contribution in [0.3, 0.4) is 0 Å². The Bertz CT molecular complexity index is 612. The van der Waals surface area contributed by atoms with E-state index in [0.717, 1.165) is 11.1 Å². The second-order valence-electron chi connectivity index (χ2n) is 6.61. The topological polar surface area (TPSA) is 71.4 Å². The molecule has 4 heteroatoms. The Morgan fingerprint density at radius 1 is 1.14 bits per heavy atom. The molecule has 1 aromatic carbocycles. The van der Waals surface area contributed by atoms with Crippen molar-refractivity contribution in [2.45, 2.75) is 45.6 Å². The smallest absolute Gasteiger partial charge is 0.146 e. The number of aliphatic hydroxyl groups is 1. The number of ketones is 3. The van der Waals surface area contributed by atoms with Gasteiger partial charge in [0, 0.05) is 12.3 Å². The Morgan fingerprint density at radius 2 is 1.68 bits per heavy atom. The van der Waals surface area contributed by atoms with Gasteiger partial charge in [0.15, 0.2) is 0 Å². The fourth-order valence-corrected chi connectivity index (χ4v) is 3.70. The van der Waals surface area contributed by atoms with E-state index in [0.29, 0.717) is 0 Å². The molecule has 0 heterocycles. The Morgan fingerprint density at radius 3 is 2.14 bits per heavy atom. The minimum atomic E-state index is -1.43. The third-order valence-electron chi connectivity index (χ3n) is 4.61. The summed E-state index contributed by atoms with van der Waals surface area (Å²) in [7, 11) is 0. The maximum Gasteiger partial charge on any atom is 0.146 e. The van der Waals surface area contributed by atoms with E-state index in [9.17, 15) is 19.5 Å². The van der Waals surface area contributed by atoms with Crippen LogP contribution < -0.4 is 0 Å². The van der Waals surface area contributed by atoms with Gasteiger partial charge in [0.2, 0.25) is 0 Å². The van der Waals surface area contributed by atoms with E-state index in [1.54, 1.807) is 0 Å². The lowest BCUT2D eigenvalue weighted by Crippen LogP contribution is -2.53. The first-order valence-electron chi connectivity index (χ1n) is 7.47. The van der Waals surface area contributed by atoms with Crippen LogP contribution in [-0.4, -0.2) is 28.1 Å². The number of Topliss-reactive ketones (excluding diaryl/α,β-unsaturated/α-hetero) is 3. The molecule has 4 nitrogen and oxygen atoms in total. The SMILES string of the molecule is CC(=O)[C@H]1C(=O)C[C@@](C)(O)[C@H](C(C)=O)[C@@H]1c1ccc(C)cc1. The first kappa shape index (κ1) is 16.6. The van der Waals surface area contributed by atoms with Crippen molar-refractivity contribution in [3.63, 3.8) is 0 Å². The van der Waals surface area contributed by atoms with Gasteiger partial charge in [-0.05, 0) is 33.3 Å². The van der Waals surface area contributed by atoms with Crippen LogP contribution in [0.1, 0.15) is 44.2 Å². The minimum Gasteiger partial charge on any atom is -0.389 e. The molecule has 1 N–H and O–H groups in total. The van der Waals surface area contributed by atoms with Crippen molar-refractivity contribution in [1.29, 1.82) is 0 Å². The van der Waals surface area contributed by atoms with E-state index in [-0.39, 0.29) is 23.8 Å². The number of hydrogen-bond acceptors (Lipinski definition) is 4. The third kappa shape index (κ3) is 2.88. The molecule has 1 fully saturated rings. The molecule has 0 saturated heterocycles. The molecule has 2 rings (SSSR count). The summed E-state index contributed by atoms with van der Waals surface area (Å²) in [6.45, 7) is 6.24. The molecule has 1 saturated carbocycles. The lowest BCUT2D eigenvalue weighted by Gasteiger charge is -2.44. The van der Waals surface area contributed by atoms with E-state index < -0.39 is 23.4 Å². The number of rotatable bonds is 3. The van der Waals surface area contributed by atoms with Gasteiger partial charge in [-0.2, -0.15) is 0 Å². The van der Waals surface area contributed by atoms with Crippen LogP contribution in [0.15, 0.2) is 24.3 Å². The summed E-state index contributed by atoms with van der Waals surface area (Å²) in [6.07, 6.45) is -0.163. The van der Waals surface area contributed by atoms with Gasteiger partial charge < -0.3 is 5.11 Å². The molecule has 0 amide bonds. The third-order valence-corrected chi connectivity index (χ3v) is 4.61. The summed E-state index contributed by atoms with van der Waals surface area (Å²) < 4.78 is 0. The van der Waals surface area contributed by atoms with Crippen molar-refractivity contribution in [2.24, 2.45) is 11.8 Å². The summed E-state index contributed by atoms with van der Waals surface area (Å²) in [6, 6.07) is 7.44. The minimum absolute atomic E-state index is 0.163. The van der Waals surface area contributed by atoms with Crippen LogP contribution in [0.25, 0.3) is 0 Å². The van der Waals surface area contributed by atoms with Gasteiger partial charge in [-0.1, -0.05) is 29.8 Å². The zero-order valence-electron chi connectivity index (χ0n) is 13.4. The van der Waals surface area contributed by atoms with Gasteiger partial charge >= 0.3 is 0 Å². The van der Waals surface area contributed by atoms with E-state index in [1.807, 2.05) is 31.2 Å². The maximum absolute atomic E-state index is 12.4. The van der Waals surface area contributed by atoms with Gasteiger partial charge in [-0.25, -0.2) is 0 Å². The standard InChI is InChI=1S/C18H22O4/c1-10-5-7-13(8-6-10)16-15(11(2)19)14(21)9-18(4,22)17(16)12(3)20/h5-8,15-17,22H,9H2,1-4H3/t15-,16+,17+,18+/m0/s1. The molecule has 0 unspecified atom stereocenters. The zero-order chi connectivity index (χ0) is 16.7. The van der Waals surface area contributed by atoms with Gasteiger partial charge in [0.1, 0.15) is 17.3 Å². The molecular weight excluding hydrogens is 280 g/mol. The van der Waals surface area contributed by atoms with E-state index in [1.165, 1.54) is 20.8 Å². The quantitative estimate of drug-likeness (QED) is 0.869. The van der Waals surface area contributed by atoms with Crippen LogP contribution in [-0.2, 0) is 14.4 Å². The van der Waals surface area contributed by atoms with Crippen molar-refractivity contribution in [2.75, 3.05) is 0 Å². The van der Waals surface area contributed by atoms with Gasteiger partial charge in [0.25, 0.3) is 0 Å². The number of carbonyl (C=O) groups is 3. The highest BCUT2D eigenvalue weighted by Gasteiger charge is 2.53. The molecular formula is C18H22O4. The van der Waals surface area contributed by atoms with E-state index in [4.69, 9.17) is 0 Å². The second-order valence-corrected chi connectivity index (χ2v) is 6.61. The molecule has 118 valence electrons. The average Bonchev–Trinajstić information content (AvgIpc) is 2.36. The predicted octanol–water partition coefficient (Wildman–Crippen LogP) is 2.21. The fraction of sp³-hybridized carbons (Fsp3) is 0.500. The lowest BCUT2D eigenvalue weighted by atomic mass is 9.60. The Labute approximate surface area is 130 Å². The second kappa shape index (κ2) is 5.76.